The highest BCUT2D eigenvalue weighted by molar-refractivity contribution is 5.66. The molecule has 100 valence electrons. The second-order valence-corrected chi connectivity index (χ2v) is 4.22. The van der Waals surface area contributed by atoms with Gasteiger partial charge in [-0.15, -0.1) is 0 Å². The molecule has 2 aromatic rings. The standard InChI is InChI=1S/C16H19NO2/c1-3-19-15-5-4-11-17-16(15)14-8-6-13(7-9-14)10-12-18-2/h4-9,11H,3,10,12H2,1-2H3. The van der Waals surface area contributed by atoms with Crippen molar-refractivity contribution >= 4 is 0 Å². The van der Waals surface area contributed by atoms with E-state index in [9.17, 15) is 0 Å². The molecule has 0 amide bonds. The van der Waals surface area contributed by atoms with Gasteiger partial charge in [0.2, 0.25) is 0 Å². The van der Waals surface area contributed by atoms with Gasteiger partial charge in [0.25, 0.3) is 0 Å². The van der Waals surface area contributed by atoms with Crippen LogP contribution < -0.4 is 4.74 Å². The number of aromatic nitrogens is 1. The van der Waals surface area contributed by atoms with Gasteiger partial charge in [-0.2, -0.15) is 0 Å². The Balaban J connectivity index is 2.22. The average molecular weight is 257 g/mol. The van der Waals surface area contributed by atoms with Gasteiger partial charge >= 0.3 is 0 Å². The molecule has 0 saturated carbocycles. The fourth-order valence-electron chi connectivity index (χ4n) is 1.93. The molecule has 0 unspecified atom stereocenters. The number of benzene rings is 1. The van der Waals surface area contributed by atoms with Crippen molar-refractivity contribution in [3.05, 3.63) is 48.2 Å². The van der Waals surface area contributed by atoms with Crippen LogP contribution in [0.4, 0.5) is 0 Å². The van der Waals surface area contributed by atoms with Crippen molar-refractivity contribution in [1.82, 2.24) is 4.98 Å². The maximum absolute atomic E-state index is 5.60. The zero-order valence-electron chi connectivity index (χ0n) is 11.4. The van der Waals surface area contributed by atoms with E-state index in [0.29, 0.717) is 6.61 Å². The van der Waals surface area contributed by atoms with E-state index in [-0.39, 0.29) is 0 Å². The van der Waals surface area contributed by atoms with Crippen molar-refractivity contribution in [3.63, 3.8) is 0 Å². The van der Waals surface area contributed by atoms with E-state index in [1.165, 1.54) is 5.56 Å². The van der Waals surface area contributed by atoms with Gasteiger partial charge in [0.05, 0.1) is 13.2 Å². The summed E-state index contributed by atoms with van der Waals surface area (Å²) in [6, 6.07) is 12.2. The van der Waals surface area contributed by atoms with E-state index in [0.717, 1.165) is 30.0 Å². The molecule has 1 heterocycles. The lowest BCUT2D eigenvalue weighted by atomic mass is 10.1. The molecule has 0 saturated heterocycles. The van der Waals surface area contributed by atoms with Crippen LogP contribution in [0.1, 0.15) is 12.5 Å². The summed E-state index contributed by atoms with van der Waals surface area (Å²) in [5.74, 6) is 0.828. The predicted octanol–water partition coefficient (Wildman–Crippen LogP) is 3.34. The zero-order valence-corrected chi connectivity index (χ0v) is 11.4. The Labute approximate surface area is 114 Å². The first-order chi connectivity index (χ1) is 9.35. The number of hydrogen-bond acceptors (Lipinski definition) is 3. The van der Waals surface area contributed by atoms with Gasteiger partial charge in [-0.25, -0.2) is 0 Å². The Morgan fingerprint density at radius 1 is 1.11 bits per heavy atom. The normalized spacial score (nSPS) is 10.4. The van der Waals surface area contributed by atoms with Crippen LogP contribution in [0.2, 0.25) is 0 Å². The largest absolute Gasteiger partial charge is 0.492 e. The molecule has 0 aliphatic carbocycles. The van der Waals surface area contributed by atoms with Gasteiger partial charge < -0.3 is 9.47 Å². The van der Waals surface area contributed by atoms with Crippen LogP contribution in [-0.4, -0.2) is 25.3 Å². The Kier molecular flexibility index (Phi) is 4.93. The number of nitrogens with zero attached hydrogens (tertiary/aromatic N) is 1. The van der Waals surface area contributed by atoms with E-state index in [1.54, 1.807) is 13.3 Å². The molecule has 0 radical (unpaired) electrons. The second kappa shape index (κ2) is 6.90. The molecule has 0 spiro atoms. The molecule has 0 aliphatic heterocycles. The van der Waals surface area contributed by atoms with Gasteiger partial charge in [-0.1, -0.05) is 24.3 Å². The monoisotopic (exact) mass is 257 g/mol. The van der Waals surface area contributed by atoms with E-state index in [1.807, 2.05) is 19.1 Å². The van der Waals surface area contributed by atoms with E-state index < -0.39 is 0 Å². The van der Waals surface area contributed by atoms with Gasteiger partial charge in [0.15, 0.2) is 0 Å². The maximum Gasteiger partial charge on any atom is 0.145 e. The molecule has 0 fully saturated rings. The fourth-order valence-corrected chi connectivity index (χ4v) is 1.93. The van der Waals surface area contributed by atoms with Crippen LogP contribution in [-0.2, 0) is 11.2 Å². The first-order valence-electron chi connectivity index (χ1n) is 6.51. The second-order valence-electron chi connectivity index (χ2n) is 4.22. The molecular formula is C16H19NO2. The van der Waals surface area contributed by atoms with Crippen LogP contribution in [0.5, 0.6) is 5.75 Å². The number of rotatable bonds is 6. The highest BCUT2D eigenvalue weighted by Crippen LogP contribution is 2.27. The van der Waals surface area contributed by atoms with Crippen molar-refractivity contribution in [2.24, 2.45) is 0 Å². The third-order valence-corrected chi connectivity index (χ3v) is 2.89. The maximum atomic E-state index is 5.60. The SMILES string of the molecule is CCOc1cccnc1-c1ccc(CCOC)cc1. The van der Waals surface area contributed by atoms with Gasteiger partial charge in [0.1, 0.15) is 11.4 Å². The van der Waals surface area contributed by atoms with Crippen LogP contribution in [0.3, 0.4) is 0 Å². The van der Waals surface area contributed by atoms with Crippen LogP contribution in [0, 0.1) is 0 Å². The molecule has 0 bridgehead atoms. The summed E-state index contributed by atoms with van der Waals surface area (Å²) in [6.07, 6.45) is 2.72. The Hall–Kier alpha value is -1.87. The van der Waals surface area contributed by atoms with E-state index in [4.69, 9.17) is 9.47 Å². The smallest absolute Gasteiger partial charge is 0.145 e. The van der Waals surface area contributed by atoms with Crippen molar-refractivity contribution in [2.45, 2.75) is 13.3 Å². The number of methoxy groups -OCH3 is 1. The van der Waals surface area contributed by atoms with Crippen molar-refractivity contribution < 1.29 is 9.47 Å². The summed E-state index contributed by atoms with van der Waals surface area (Å²) in [6.45, 7) is 3.36. The summed E-state index contributed by atoms with van der Waals surface area (Å²) in [5, 5.41) is 0. The van der Waals surface area contributed by atoms with Crippen LogP contribution in [0.15, 0.2) is 42.6 Å². The van der Waals surface area contributed by atoms with Gasteiger partial charge in [-0.3, -0.25) is 4.98 Å². The molecule has 2 rings (SSSR count). The predicted molar refractivity (Wildman–Crippen MR) is 76.4 cm³/mol. The van der Waals surface area contributed by atoms with Crippen molar-refractivity contribution in [3.8, 4) is 17.0 Å². The Morgan fingerprint density at radius 3 is 2.58 bits per heavy atom. The average Bonchev–Trinajstić information content (AvgIpc) is 2.47. The minimum Gasteiger partial charge on any atom is -0.492 e. The molecule has 3 nitrogen and oxygen atoms in total. The summed E-state index contributed by atoms with van der Waals surface area (Å²) >= 11 is 0. The van der Waals surface area contributed by atoms with E-state index in [2.05, 4.69) is 29.2 Å². The summed E-state index contributed by atoms with van der Waals surface area (Å²) in [4.78, 5) is 4.41. The van der Waals surface area contributed by atoms with Crippen molar-refractivity contribution in [1.29, 1.82) is 0 Å². The molecular weight excluding hydrogens is 238 g/mol. The minimum absolute atomic E-state index is 0.643. The van der Waals surface area contributed by atoms with Gasteiger partial charge in [0, 0.05) is 18.9 Å². The zero-order chi connectivity index (χ0) is 13.5. The third kappa shape index (κ3) is 3.55. The molecule has 3 heteroatoms. The van der Waals surface area contributed by atoms with Gasteiger partial charge in [-0.05, 0) is 31.0 Å². The lowest BCUT2D eigenvalue weighted by Crippen LogP contribution is -1.97. The summed E-state index contributed by atoms with van der Waals surface area (Å²) in [7, 11) is 1.72. The molecule has 1 aromatic heterocycles. The van der Waals surface area contributed by atoms with Crippen LogP contribution >= 0.6 is 0 Å². The highest BCUT2D eigenvalue weighted by Gasteiger charge is 2.06. The Bertz CT molecular complexity index is 508. The molecule has 1 aromatic carbocycles. The van der Waals surface area contributed by atoms with Crippen LogP contribution in [0.25, 0.3) is 11.3 Å². The lowest BCUT2D eigenvalue weighted by Gasteiger charge is -2.09. The summed E-state index contributed by atoms with van der Waals surface area (Å²) < 4.78 is 10.7. The fraction of sp³-hybridized carbons (Fsp3) is 0.312. The number of hydrogen-bond donors (Lipinski definition) is 0. The molecule has 0 atom stereocenters. The Morgan fingerprint density at radius 2 is 1.89 bits per heavy atom. The minimum atomic E-state index is 0.643. The summed E-state index contributed by atoms with van der Waals surface area (Å²) in [5.41, 5.74) is 3.23. The van der Waals surface area contributed by atoms with Crippen molar-refractivity contribution in [2.75, 3.05) is 20.3 Å². The number of pyridine rings is 1. The highest BCUT2D eigenvalue weighted by atomic mass is 16.5. The first kappa shape index (κ1) is 13.6. The lowest BCUT2D eigenvalue weighted by molar-refractivity contribution is 0.202. The molecule has 19 heavy (non-hydrogen) atoms. The topological polar surface area (TPSA) is 31.4 Å². The molecule has 0 aliphatic rings. The first-order valence-corrected chi connectivity index (χ1v) is 6.51. The van der Waals surface area contributed by atoms with E-state index >= 15 is 0 Å². The molecule has 0 N–H and O–H groups in total. The number of ether oxygens (including phenoxy) is 2. The quantitative estimate of drug-likeness (QED) is 0.795. The third-order valence-electron chi connectivity index (χ3n) is 2.89.